The van der Waals surface area contributed by atoms with Crippen LogP contribution in [0.1, 0.15) is 6.92 Å². The van der Waals surface area contributed by atoms with Crippen molar-refractivity contribution in [2.45, 2.75) is 6.92 Å². The normalized spacial score (nSPS) is 16.2. The Bertz CT molecular complexity index is 242. The first-order valence-corrected chi connectivity index (χ1v) is 4.18. The van der Waals surface area contributed by atoms with Gasteiger partial charge in [-0.2, -0.15) is 0 Å². The van der Waals surface area contributed by atoms with E-state index in [0.29, 0.717) is 0 Å². The molecule has 1 nitrogen and oxygen atoms in total. The number of hydrogen-bond donors (Lipinski definition) is 0. The topological polar surface area (TPSA) is 12.4 Å². The fourth-order valence-electron chi connectivity index (χ4n) is 0.612. The molecule has 0 fully saturated rings. The van der Waals surface area contributed by atoms with Gasteiger partial charge < -0.3 is 0 Å². The third-order valence-electron chi connectivity index (χ3n) is 1.15. The molecule has 1 aliphatic heterocycles. The van der Waals surface area contributed by atoms with E-state index in [2.05, 4.69) is 26.8 Å². The van der Waals surface area contributed by atoms with Crippen LogP contribution < -0.4 is 0 Å². The predicted molar refractivity (Wildman–Crippen MR) is 47.6 cm³/mol. The summed E-state index contributed by atoms with van der Waals surface area (Å²) in [6.45, 7) is 1.98. The molecule has 0 aliphatic carbocycles. The van der Waals surface area contributed by atoms with E-state index in [-0.39, 0.29) is 0 Å². The number of alkyl halides is 1. The summed E-state index contributed by atoms with van der Waals surface area (Å²) >= 11 is 3.32. The maximum atomic E-state index is 4.09. The highest BCUT2D eigenvalue weighted by Gasteiger charge is 1.89. The number of hydrogen-bond acceptors (Lipinski definition) is 1. The summed E-state index contributed by atoms with van der Waals surface area (Å²) in [5.74, 6) is 2.90. The molecule has 0 saturated carbocycles. The summed E-state index contributed by atoms with van der Waals surface area (Å²) in [7, 11) is 0. The summed E-state index contributed by atoms with van der Waals surface area (Å²) in [4.78, 5) is 4.09. The van der Waals surface area contributed by atoms with Crippen LogP contribution in [-0.4, -0.2) is 11.2 Å². The second kappa shape index (κ2) is 3.55. The monoisotopic (exact) mass is 197 g/mol. The summed E-state index contributed by atoms with van der Waals surface area (Å²) in [5.41, 5.74) is 2.07. The Hall–Kier alpha value is -0.590. The van der Waals surface area contributed by atoms with Crippen molar-refractivity contribution >= 4 is 21.8 Å². The SMILES string of the molecule is CC1=C=NC(CBr)=CC=C1. The maximum Gasteiger partial charge on any atom is 0.0609 e. The van der Waals surface area contributed by atoms with Gasteiger partial charge in [0.25, 0.3) is 0 Å². The van der Waals surface area contributed by atoms with Crippen LogP contribution in [0, 0.1) is 0 Å². The molecule has 2 heteroatoms. The Labute approximate surface area is 69.0 Å². The molecule has 0 aromatic heterocycles. The lowest BCUT2D eigenvalue weighted by molar-refractivity contribution is 1.35. The Kier molecular flexibility index (Phi) is 2.67. The molecule has 1 rings (SSSR count). The number of aliphatic imine (C=N–C) groups is 1. The molecule has 10 heavy (non-hydrogen) atoms. The maximum absolute atomic E-state index is 4.09. The van der Waals surface area contributed by atoms with Gasteiger partial charge in [0.1, 0.15) is 0 Å². The van der Waals surface area contributed by atoms with Gasteiger partial charge in [-0.3, -0.25) is 0 Å². The van der Waals surface area contributed by atoms with E-state index in [9.17, 15) is 0 Å². The van der Waals surface area contributed by atoms with Gasteiger partial charge >= 0.3 is 0 Å². The molecule has 0 amide bonds. The van der Waals surface area contributed by atoms with Crippen molar-refractivity contribution in [1.29, 1.82) is 0 Å². The van der Waals surface area contributed by atoms with Crippen LogP contribution in [0.25, 0.3) is 0 Å². The molecule has 0 bridgehead atoms. The highest BCUT2D eigenvalue weighted by molar-refractivity contribution is 9.09. The molecule has 0 aromatic rings. The van der Waals surface area contributed by atoms with Crippen molar-refractivity contribution in [3.63, 3.8) is 0 Å². The lowest BCUT2D eigenvalue weighted by Crippen LogP contribution is -1.75. The van der Waals surface area contributed by atoms with Crippen LogP contribution >= 0.6 is 15.9 Å². The number of rotatable bonds is 1. The van der Waals surface area contributed by atoms with E-state index in [4.69, 9.17) is 0 Å². The van der Waals surface area contributed by atoms with Gasteiger partial charge in [-0.05, 0) is 24.9 Å². The lowest BCUT2D eigenvalue weighted by Gasteiger charge is -1.85. The van der Waals surface area contributed by atoms with Crippen LogP contribution in [-0.2, 0) is 0 Å². The molecular weight excluding hydrogens is 190 g/mol. The van der Waals surface area contributed by atoms with Crippen LogP contribution in [0.2, 0.25) is 0 Å². The largest absolute Gasteiger partial charge is 0.210 e. The molecule has 1 aliphatic rings. The highest BCUT2D eigenvalue weighted by Crippen LogP contribution is 2.04. The zero-order valence-electron chi connectivity index (χ0n) is 5.76. The second-order valence-electron chi connectivity index (χ2n) is 2.06. The van der Waals surface area contributed by atoms with Crippen molar-refractivity contribution in [3.05, 3.63) is 29.5 Å². The minimum absolute atomic E-state index is 0.789. The van der Waals surface area contributed by atoms with Crippen LogP contribution in [0.3, 0.4) is 0 Å². The van der Waals surface area contributed by atoms with Gasteiger partial charge in [-0.15, -0.1) is 0 Å². The fourth-order valence-corrected chi connectivity index (χ4v) is 0.925. The molecule has 0 spiro atoms. The second-order valence-corrected chi connectivity index (χ2v) is 2.62. The Morgan fingerprint density at radius 1 is 1.70 bits per heavy atom. The molecule has 0 saturated heterocycles. The zero-order valence-corrected chi connectivity index (χ0v) is 7.35. The molecule has 52 valence electrons. The highest BCUT2D eigenvalue weighted by atomic mass is 79.9. The average molecular weight is 198 g/mol. The minimum Gasteiger partial charge on any atom is -0.210 e. The van der Waals surface area contributed by atoms with Crippen molar-refractivity contribution in [2.75, 3.05) is 5.33 Å². The van der Waals surface area contributed by atoms with Crippen LogP contribution in [0.4, 0.5) is 0 Å². The summed E-state index contributed by atoms with van der Waals surface area (Å²) in [6, 6.07) is 0. The van der Waals surface area contributed by atoms with E-state index in [1.807, 2.05) is 25.2 Å². The van der Waals surface area contributed by atoms with Crippen LogP contribution in [0.5, 0.6) is 0 Å². The predicted octanol–water partition coefficient (Wildman–Crippen LogP) is 2.45. The molecule has 0 N–H and O–H groups in total. The van der Waals surface area contributed by atoms with Crippen LogP contribution in [0.15, 0.2) is 34.5 Å². The molecule has 0 atom stereocenters. The van der Waals surface area contributed by atoms with E-state index < -0.39 is 0 Å². The fraction of sp³-hybridized carbons (Fsp3) is 0.250. The van der Waals surface area contributed by atoms with Gasteiger partial charge in [-0.25, -0.2) is 4.99 Å². The first kappa shape index (κ1) is 7.52. The average Bonchev–Trinajstić information content (AvgIpc) is 2.14. The van der Waals surface area contributed by atoms with Gasteiger partial charge in [0.2, 0.25) is 0 Å². The van der Waals surface area contributed by atoms with Crippen molar-refractivity contribution < 1.29 is 0 Å². The van der Waals surface area contributed by atoms with E-state index >= 15 is 0 Å². The smallest absolute Gasteiger partial charge is 0.0609 e. The molecule has 0 aromatic carbocycles. The van der Waals surface area contributed by atoms with Gasteiger partial charge in [0, 0.05) is 10.9 Å². The quantitative estimate of drug-likeness (QED) is 0.574. The third kappa shape index (κ3) is 1.98. The van der Waals surface area contributed by atoms with E-state index in [0.717, 1.165) is 16.6 Å². The van der Waals surface area contributed by atoms with E-state index in [1.54, 1.807) is 0 Å². The minimum atomic E-state index is 0.789. The first-order chi connectivity index (χ1) is 4.83. The Balaban J connectivity index is 2.91. The third-order valence-corrected chi connectivity index (χ3v) is 1.72. The molecule has 0 radical (unpaired) electrons. The summed E-state index contributed by atoms with van der Waals surface area (Å²) < 4.78 is 0. The zero-order chi connectivity index (χ0) is 7.40. The van der Waals surface area contributed by atoms with Crippen molar-refractivity contribution in [3.8, 4) is 0 Å². The Morgan fingerprint density at radius 3 is 3.20 bits per heavy atom. The van der Waals surface area contributed by atoms with Crippen molar-refractivity contribution in [2.24, 2.45) is 4.99 Å². The summed E-state index contributed by atoms with van der Waals surface area (Å²) in [6.07, 6.45) is 5.94. The molecular formula is C8H8BrN. The summed E-state index contributed by atoms with van der Waals surface area (Å²) in [5, 5.41) is 0.789. The van der Waals surface area contributed by atoms with Gasteiger partial charge in [0.05, 0.1) is 5.70 Å². The molecule has 1 heterocycles. The number of nitrogens with zero attached hydrogens (tertiary/aromatic N) is 1. The van der Waals surface area contributed by atoms with Crippen molar-refractivity contribution in [1.82, 2.24) is 0 Å². The number of allylic oxidation sites excluding steroid dienone is 5. The Morgan fingerprint density at radius 2 is 2.50 bits per heavy atom. The molecule has 0 unspecified atom stereocenters. The number of halogens is 1. The van der Waals surface area contributed by atoms with E-state index in [1.165, 1.54) is 0 Å². The van der Waals surface area contributed by atoms with Gasteiger partial charge in [-0.1, -0.05) is 22.0 Å². The first-order valence-electron chi connectivity index (χ1n) is 3.06. The standard InChI is InChI=1S/C8H8BrN/c1-7-3-2-4-8(5-9)10-6-7/h2-4H,5H2,1H3. The van der Waals surface area contributed by atoms with Gasteiger partial charge in [0.15, 0.2) is 0 Å². The lowest BCUT2D eigenvalue weighted by atomic mass is 10.3.